The molecule has 2 saturated heterocycles. The normalized spacial score (nSPS) is 19.6. The molecular weight excluding hydrogens is 390 g/mol. The number of hydrogen-bond donors (Lipinski definition) is 1. The summed E-state index contributed by atoms with van der Waals surface area (Å²) in [5.41, 5.74) is 1.01. The molecule has 4 rings (SSSR count). The minimum absolute atomic E-state index is 0.00623. The van der Waals surface area contributed by atoms with Gasteiger partial charge in [0.15, 0.2) is 0 Å². The number of carbonyl (C=O) groups excluding carboxylic acids is 2. The van der Waals surface area contributed by atoms with Crippen molar-refractivity contribution in [2.45, 2.75) is 30.4 Å². The van der Waals surface area contributed by atoms with E-state index < -0.39 is 0 Å². The predicted molar refractivity (Wildman–Crippen MR) is 112 cm³/mol. The lowest BCUT2D eigenvalue weighted by Gasteiger charge is -2.27. The third-order valence-electron chi connectivity index (χ3n) is 5.33. The quantitative estimate of drug-likeness (QED) is 0.697. The van der Waals surface area contributed by atoms with Gasteiger partial charge in [-0.15, -0.1) is 11.8 Å². The Morgan fingerprint density at radius 1 is 1.17 bits per heavy atom. The van der Waals surface area contributed by atoms with Gasteiger partial charge in [-0.05, 0) is 18.9 Å². The zero-order valence-corrected chi connectivity index (χ0v) is 17.3. The molecular formula is C21H27N3O4S. The Labute approximate surface area is 174 Å². The van der Waals surface area contributed by atoms with Crippen molar-refractivity contribution >= 4 is 34.5 Å². The second kappa shape index (κ2) is 9.65. The van der Waals surface area contributed by atoms with Crippen LogP contribution in [0.15, 0.2) is 35.4 Å². The SMILES string of the molecule is O=C(CSc1cn(CC(=O)N2CCOCC2)c2ccccc12)NC[C@@H]1CCCO1. The number of nitrogens with zero attached hydrogens (tertiary/aromatic N) is 2. The maximum Gasteiger partial charge on any atom is 0.242 e. The largest absolute Gasteiger partial charge is 0.378 e. The summed E-state index contributed by atoms with van der Waals surface area (Å²) in [6.07, 6.45) is 4.22. The zero-order chi connectivity index (χ0) is 20.1. The fraction of sp³-hybridized carbons (Fsp3) is 0.524. The number of para-hydroxylation sites is 1. The highest BCUT2D eigenvalue weighted by Crippen LogP contribution is 2.30. The second-order valence-corrected chi connectivity index (χ2v) is 8.38. The standard InChI is InChI=1S/C21H27N3O4S/c25-20(22-12-16-4-3-9-28-16)15-29-19-13-24(18-6-2-1-5-17(18)19)14-21(26)23-7-10-27-11-8-23/h1-2,5-6,13,16H,3-4,7-12,14-15H2,(H,22,25)/t16-/m0/s1. The van der Waals surface area contributed by atoms with Crippen molar-refractivity contribution in [3.63, 3.8) is 0 Å². The fourth-order valence-electron chi connectivity index (χ4n) is 3.74. The summed E-state index contributed by atoms with van der Waals surface area (Å²) in [5, 5.41) is 4.03. The third kappa shape index (κ3) is 5.12. The van der Waals surface area contributed by atoms with E-state index in [1.54, 1.807) is 0 Å². The molecule has 1 aromatic carbocycles. The molecule has 0 aliphatic carbocycles. The summed E-state index contributed by atoms with van der Waals surface area (Å²) in [5.74, 6) is 0.449. The average molecular weight is 418 g/mol. The Bertz CT molecular complexity index is 857. The molecule has 156 valence electrons. The van der Waals surface area contributed by atoms with Crippen LogP contribution in [0.5, 0.6) is 0 Å². The van der Waals surface area contributed by atoms with Crippen LogP contribution in [0.4, 0.5) is 0 Å². The topological polar surface area (TPSA) is 72.8 Å². The molecule has 0 bridgehead atoms. The summed E-state index contributed by atoms with van der Waals surface area (Å²) in [6, 6.07) is 8.01. The maximum atomic E-state index is 12.7. The van der Waals surface area contributed by atoms with Gasteiger partial charge in [-0.25, -0.2) is 0 Å². The van der Waals surface area contributed by atoms with E-state index in [-0.39, 0.29) is 17.9 Å². The van der Waals surface area contributed by atoms with Crippen LogP contribution in [0.1, 0.15) is 12.8 Å². The minimum atomic E-state index is 0.00623. The van der Waals surface area contributed by atoms with E-state index in [1.807, 2.05) is 39.9 Å². The van der Waals surface area contributed by atoms with E-state index in [2.05, 4.69) is 5.32 Å². The van der Waals surface area contributed by atoms with E-state index in [4.69, 9.17) is 9.47 Å². The maximum absolute atomic E-state index is 12.7. The van der Waals surface area contributed by atoms with Crippen LogP contribution in [-0.2, 0) is 25.6 Å². The van der Waals surface area contributed by atoms with Gasteiger partial charge in [0.2, 0.25) is 11.8 Å². The van der Waals surface area contributed by atoms with Crippen molar-refractivity contribution in [3.8, 4) is 0 Å². The van der Waals surface area contributed by atoms with E-state index in [9.17, 15) is 9.59 Å². The molecule has 0 spiro atoms. The number of thioether (sulfide) groups is 1. The number of fused-ring (bicyclic) bond motifs is 1. The Balaban J connectivity index is 1.38. The molecule has 0 radical (unpaired) electrons. The summed E-state index contributed by atoms with van der Waals surface area (Å²) in [4.78, 5) is 27.8. The molecule has 2 aromatic rings. The van der Waals surface area contributed by atoms with Gasteiger partial charge in [0.25, 0.3) is 0 Å². The lowest BCUT2D eigenvalue weighted by molar-refractivity contribution is -0.135. The van der Waals surface area contributed by atoms with Crippen molar-refractivity contribution in [1.29, 1.82) is 0 Å². The Morgan fingerprint density at radius 2 is 2.00 bits per heavy atom. The molecule has 3 heterocycles. The molecule has 8 heteroatoms. The fourth-order valence-corrected chi connectivity index (χ4v) is 4.66. The summed E-state index contributed by atoms with van der Waals surface area (Å²) < 4.78 is 12.9. The highest BCUT2D eigenvalue weighted by atomic mass is 32.2. The lowest BCUT2D eigenvalue weighted by Crippen LogP contribution is -2.42. The van der Waals surface area contributed by atoms with Crippen LogP contribution in [0.3, 0.4) is 0 Å². The first-order valence-corrected chi connectivity index (χ1v) is 11.1. The number of ether oxygens (including phenoxy) is 2. The van der Waals surface area contributed by atoms with Gasteiger partial charge in [0, 0.05) is 48.2 Å². The van der Waals surface area contributed by atoms with Crippen molar-refractivity contribution < 1.29 is 19.1 Å². The predicted octanol–water partition coefficient (Wildman–Crippen LogP) is 1.89. The van der Waals surface area contributed by atoms with Crippen LogP contribution < -0.4 is 5.32 Å². The Kier molecular flexibility index (Phi) is 6.74. The number of benzene rings is 1. The van der Waals surface area contributed by atoms with E-state index >= 15 is 0 Å². The molecule has 1 N–H and O–H groups in total. The van der Waals surface area contributed by atoms with Crippen LogP contribution in [-0.4, -0.2) is 72.6 Å². The van der Waals surface area contributed by atoms with Gasteiger partial charge in [-0.1, -0.05) is 18.2 Å². The molecule has 1 atom stereocenters. The van der Waals surface area contributed by atoms with Gasteiger partial charge in [-0.3, -0.25) is 9.59 Å². The third-order valence-corrected chi connectivity index (χ3v) is 6.37. The first kappa shape index (κ1) is 20.3. The number of nitrogens with one attached hydrogen (secondary N) is 1. The molecule has 7 nitrogen and oxygen atoms in total. The van der Waals surface area contributed by atoms with E-state index in [0.717, 1.165) is 35.2 Å². The summed E-state index contributed by atoms with van der Waals surface area (Å²) in [7, 11) is 0. The molecule has 29 heavy (non-hydrogen) atoms. The van der Waals surface area contributed by atoms with Crippen LogP contribution >= 0.6 is 11.8 Å². The summed E-state index contributed by atoms with van der Waals surface area (Å²) >= 11 is 1.51. The molecule has 2 amide bonds. The van der Waals surface area contributed by atoms with Crippen molar-refractivity contribution in [1.82, 2.24) is 14.8 Å². The molecule has 2 aliphatic heterocycles. The first-order chi connectivity index (χ1) is 14.2. The number of rotatable bonds is 7. The van der Waals surface area contributed by atoms with Gasteiger partial charge in [0.1, 0.15) is 6.54 Å². The van der Waals surface area contributed by atoms with Crippen molar-refractivity contribution in [2.75, 3.05) is 45.2 Å². The number of carbonyl (C=O) groups is 2. The highest BCUT2D eigenvalue weighted by Gasteiger charge is 2.20. The van der Waals surface area contributed by atoms with Gasteiger partial charge < -0.3 is 24.3 Å². The van der Waals surface area contributed by atoms with Gasteiger partial charge in [0.05, 0.1) is 25.1 Å². The first-order valence-electron chi connectivity index (χ1n) is 10.2. The van der Waals surface area contributed by atoms with Crippen LogP contribution in [0.2, 0.25) is 0 Å². The number of morpholine rings is 1. The molecule has 2 fully saturated rings. The number of aromatic nitrogens is 1. The summed E-state index contributed by atoms with van der Waals surface area (Å²) in [6.45, 7) is 4.15. The number of amides is 2. The highest BCUT2D eigenvalue weighted by molar-refractivity contribution is 8.00. The van der Waals surface area contributed by atoms with Crippen LogP contribution in [0, 0.1) is 0 Å². The zero-order valence-electron chi connectivity index (χ0n) is 16.5. The Morgan fingerprint density at radius 3 is 2.79 bits per heavy atom. The molecule has 0 saturated carbocycles. The van der Waals surface area contributed by atoms with Crippen molar-refractivity contribution in [3.05, 3.63) is 30.5 Å². The smallest absolute Gasteiger partial charge is 0.242 e. The Hall–Kier alpha value is -2.03. The second-order valence-electron chi connectivity index (χ2n) is 7.36. The van der Waals surface area contributed by atoms with E-state index in [0.29, 0.717) is 45.1 Å². The molecule has 0 unspecified atom stereocenters. The monoisotopic (exact) mass is 417 g/mol. The van der Waals surface area contributed by atoms with Gasteiger partial charge in [-0.2, -0.15) is 0 Å². The van der Waals surface area contributed by atoms with Gasteiger partial charge >= 0.3 is 0 Å². The molecule has 1 aromatic heterocycles. The molecule has 2 aliphatic rings. The van der Waals surface area contributed by atoms with Crippen molar-refractivity contribution in [2.24, 2.45) is 0 Å². The minimum Gasteiger partial charge on any atom is -0.378 e. The van der Waals surface area contributed by atoms with Crippen LogP contribution in [0.25, 0.3) is 10.9 Å². The number of hydrogen-bond acceptors (Lipinski definition) is 5. The lowest BCUT2D eigenvalue weighted by atomic mass is 10.2. The average Bonchev–Trinajstić information content (AvgIpc) is 3.40. The van der Waals surface area contributed by atoms with E-state index in [1.165, 1.54) is 11.8 Å².